The zero-order valence-electron chi connectivity index (χ0n) is 5.75. The molecule has 1 aromatic carbocycles. The summed E-state index contributed by atoms with van der Waals surface area (Å²) in [6, 6.07) is 6.81. The first-order valence-electron chi connectivity index (χ1n) is 3.11. The Balaban J connectivity index is 2.89. The number of anilines is 1. The van der Waals surface area contributed by atoms with Crippen molar-refractivity contribution in [3.05, 3.63) is 29.8 Å². The molecular weight excluding hydrogens is 162 g/mol. The fourth-order valence-electron chi connectivity index (χ4n) is 0.733. The molecule has 1 atom stereocenters. The molecule has 0 heterocycles. The molecule has 2 nitrogen and oxygen atoms in total. The number of nitrogen functional groups attached to an aromatic ring is 1. The second-order valence-electron chi connectivity index (χ2n) is 2.15. The third-order valence-corrected chi connectivity index (χ3v) is 1.67. The van der Waals surface area contributed by atoms with Gasteiger partial charge >= 0.3 is 0 Å². The van der Waals surface area contributed by atoms with Gasteiger partial charge in [0.05, 0.1) is 0 Å². The first-order chi connectivity index (χ1) is 5.24. The van der Waals surface area contributed by atoms with E-state index in [0.717, 1.165) is 5.56 Å². The number of carbonyl (C=O) groups excluding carboxylic acids is 1. The van der Waals surface area contributed by atoms with Crippen molar-refractivity contribution >= 4 is 23.6 Å². The Kier molecular flexibility index (Phi) is 2.49. The van der Waals surface area contributed by atoms with Gasteiger partial charge in [0.2, 0.25) is 6.29 Å². The molecule has 1 rings (SSSR count). The Morgan fingerprint density at radius 3 is 2.36 bits per heavy atom. The molecule has 0 saturated heterocycles. The standard InChI is InChI=1S/C8H7ClNO/c9-8(5-11)6-1-3-7(10)4-2-6/h1-4,8H,10H2. The molecule has 0 saturated carbocycles. The average Bonchev–Trinajstić information content (AvgIpc) is 2.05. The van der Waals surface area contributed by atoms with Gasteiger partial charge in [-0.25, -0.2) is 0 Å². The summed E-state index contributed by atoms with van der Waals surface area (Å²) in [5, 5.41) is -0.685. The first kappa shape index (κ1) is 8.08. The van der Waals surface area contributed by atoms with Crippen molar-refractivity contribution in [3.8, 4) is 0 Å². The van der Waals surface area contributed by atoms with Crippen molar-refractivity contribution in [2.45, 2.75) is 5.38 Å². The maximum absolute atomic E-state index is 10.1. The molecule has 0 aromatic heterocycles. The van der Waals surface area contributed by atoms with Gasteiger partial charge in [0, 0.05) is 5.69 Å². The lowest BCUT2D eigenvalue weighted by molar-refractivity contribution is 0.553. The Labute approximate surface area is 70.0 Å². The van der Waals surface area contributed by atoms with Crippen LogP contribution in [0.2, 0.25) is 0 Å². The number of rotatable bonds is 2. The SMILES string of the molecule is Nc1ccc(C(Cl)[C]=O)cc1. The quantitative estimate of drug-likeness (QED) is 0.539. The zero-order valence-corrected chi connectivity index (χ0v) is 6.51. The van der Waals surface area contributed by atoms with Gasteiger partial charge in [-0.3, -0.25) is 4.79 Å². The van der Waals surface area contributed by atoms with Crippen LogP contribution in [0.1, 0.15) is 10.9 Å². The maximum Gasteiger partial charge on any atom is 0.222 e. The van der Waals surface area contributed by atoms with Crippen LogP contribution in [0.25, 0.3) is 0 Å². The highest BCUT2D eigenvalue weighted by molar-refractivity contribution is 6.27. The number of benzene rings is 1. The van der Waals surface area contributed by atoms with Crippen molar-refractivity contribution in [3.63, 3.8) is 0 Å². The molecule has 0 aliphatic heterocycles. The summed E-state index contributed by atoms with van der Waals surface area (Å²) in [4.78, 5) is 10.1. The lowest BCUT2D eigenvalue weighted by Crippen LogP contribution is -1.91. The summed E-state index contributed by atoms with van der Waals surface area (Å²) in [5.74, 6) is 0. The molecule has 11 heavy (non-hydrogen) atoms. The van der Waals surface area contributed by atoms with Crippen LogP contribution in [-0.2, 0) is 4.79 Å². The minimum absolute atomic E-state index is 0.656. The van der Waals surface area contributed by atoms with E-state index in [1.54, 1.807) is 30.6 Å². The Hall–Kier alpha value is -1.02. The second kappa shape index (κ2) is 3.39. The fourth-order valence-corrected chi connectivity index (χ4v) is 0.878. The highest BCUT2D eigenvalue weighted by atomic mass is 35.5. The second-order valence-corrected chi connectivity index (χ2v) is 2.58. The molecule has 2 N–H and O–H groups in total. The van der Waals surface area contributed by atoms with Gasteiger partial charge in [-0.15, -0.1) is 11.6 Å². The maximum atomic E-state index is 10.1. The van der Waals surface area contributed by atoms with E-state index in [4.69, 9.17) is 17.3 Å². The van der Waals surface area contributed by atoms with Gasteiger partial charge in [0.25, 0.3) is 0 Å². The predicted octanol–water partition coefficient (Wildman–Crippen LogP) is 1.66. The third kappa shape index (κ3) is 1.95. The summed E-state index contributed by atoms with van der Waals surface area (Å²) < 4.78 is 0. The smallest absolute Gasteiger partial charge is 0.222 e. The molecule has 0 aliphatic carbocycles. The van der Waals surface area contributed by atoms with Crippen LogP contribution >= 0.6 is 11.6 Å². The molecule has 1 radical (unpaired) electrons. The van der Waals surface area contributed by atoms with E-state index >= 15 is 0 Å². The predicted molar refractivity (Wildman–Crippen MR) is 45.1 cm³/mol. The van der Waals surface area contributed by atoms with E-state index in [2.05, 4.69) is 0 Å². The lowest BCUT2D eigenvalue weighted by atomic mass is 10.1. The Morgan fingerprint density at radius 2 is 1.91 bits per heavy atom. The van der Waals surface area contributed by atoms with Crippen molar-refractivity contribution in [2.75, 3.05) is 5.73 Å². The summed E-state index contributed by atoms with van der Waals surface area (Å²) in [5.41, 5.74) is 6.80. The lowest BCUT2D eigenvalue weighted by Gasteiger charge is -2.00. The number of hydrogen-bond donors (Lipinski definition) is 1. The van der Waals surface area contributed by atoms with E-state index in [1.807, 2.05) is 0 Å². The van der Waals surface area contributed by atoms with Gasteiger partial charge < -0.3 is 5.73 Å². The highest BCUT2D eigenvalue weighted by Crippen LogP contribution is 2.18. The topological polar surface area (TPSA) is 43.1 Å². The van der Waals surface area contributed by atoms with E-state index in [-0.39, 0.29) is 0 Å². The molecule has 1 unspecified atom stereocenters. The average molecular weight is 169 g/mol. The molecule has 1 aromatic rings. The summed E-state index contributed by atoms with van der Waals surface area (Å²) in [6.45, 7) is 0. The van der Waals surface area contributed by atoms with Gasteiger partial charge in [-0.05, 0) is 17.7 Å². The van der Waals surface area contributed by atoms with Gasteiger partial charge in [0.15, 0.2) is 0 Å². The normalized spacial score (nSPS) is 12.5. The fraction of sp³-hybridized carbons (Fsp3) is 0.125. The minimum Gasteiger partial charge on any atom is -0.399 e. The molecular formula is C8H7ClNO. The summed E-state index contributed by atoms with van der Waals surface area (Å²) in [6.07, 6.45) is 1.68. The van der Waals surface area contributed by atoms with Crippen LogP contribution in [0, 0.1) is 0 Å². The van der Waals surface area contributed by atoms with Crippen LogP contribution < -0.4 is 5.73 Å². The van der Waals surface area contributed by atoms with Crippen molar-refractivity contribution < 1.29 is 4.79 Å². The molecule has 3 heteroatoms. The number of hydrogen-bond acceptors (Lipinski definition) is 2. The minimum atomic E-state index is -0.685. The van der Waals surface area contributed by atoms with Gasteiger partial charge in [0.1, 0.15) is 5.38 Å². The van der Waals surface area contributed by atoms with Crippen LogP contribution in [0.5, 0.6) is 0 Å². The van der Waals surface area contributed by atoms with E-state index in [1.165, 1.54) is 0 Å². The van der Waals surface area contributed by atoms with Crippen molar-refractivity contribution in [1.29, 1.82) is 0 Å². The molecule has 0 bridgehead atoms. The van der Waals surface area contributed by atoms with E-state index < -0.39 is 5.38 Å². The first-order valence-corrected chi connectivity index (χ1v) is 3.55. The molecule has 0 spiro atoms. The largest absolute Gasteiger partial charge is 0.399 e. The Morgan fingerprint density at radius 1 is 1.36 bits per heavy atom. The molecule has 0 aliphatic rings. The van der Waals surface area contributed by atoms with Crippen LogP contribution in [0.4, 0.5) is 5.69 Å². The van der Waals surface area contributed by atoms with E-state index in [0.29, 0.717) is 5.69 Å². The number of alkyl halides is 1. The molecule has 57 valence electrons. The molecule has 0 fully saturated rings. The summed E-state index contributed by atoms with van der Waals surface area (Å²) >= 11 is 5.58. The Bertz CT molecular complexity index is 245. The van der Waals surface area contributed by atoms with Crippen molar-refractivity contribution in [1.82, 2.24) is 0 Å². The number of halogens is 1. The summed E-state index contributed by atoms with van der Waals surface area (Å²) in [7, 11) is 0. The molecule has 0 amide bonds. The van der Waals surface area contributed by atoms with E-state index in [9.17, 15) is 4.79 Å². The monoisotopic (exact) mass is 168 g/mol. The van der Waals surface area contributed by atoms with Gasteiger partial charge in [-0.1, -0.05) is 12.1 Å². The zero-order chi connectivity index (χ0) is 8.27. The highest BCUT2D eigenvalue weighted by Gasteiger charge is 2.05. The van der Waals surface area contributed by atoms with Crippen LogP contribution in [0.3, 0.4) is 0 Å². The van der Waals surface area contributed by atoms with Gasteiger partial charge in [-0.2, -0.15) is 0 Å². The van der Waals surface area contributed by atoms with Crippen molar-refractivity contribution in [2.24, 2.45) is 0 Å². The van der Waals surface area contributed by atoms with Crippen LogP contribution in [-0.4, -0.2) is 6.29 Å². The third-order valence-electron chi connectivity index (χ3n) is 1.33. The van der Waals surface area contributed by atoms with Crippen LogP contribution in [0.15, 0.2) is 24.3 Å². The number of nitrogens with two attached hydrogens (primary N) is 1.